The largest absolute Gasteiger partial charge is 0.303 e. The van der Waals surface area contributed by atoms with E-state index in [2.05, 4.69) is 96.3 Å². The Bertz CT molecular complexity index is 718. The fourth-order valence-corrected chi connectivity index (χ4v) is 2.55. The van der Waals surface area contributed by atoms with Gasteiger partial charge in [0.15, 0.2) is 0 Å². The minimum absolute atomic E-state index is 0.191. The second-order valence-corrected chi connectivity index (χ2v) is 5.52. The third-order valence-electron chi connectivity index (χ3n) is 3.81. The van der Waals surface area contributed by atoms with Gasteiger partial charge < -0.3 is 5.32 Å². The average molecular weight is 299 g/mol. The van der Waals surface area contributed by atoms with Crippen molar-refractivity contribution in [3.8, 4) is 0 Å². The van der Waals surface area contributed by atoms with Crippen LogP contribution in [0.25, 0.3) is 6.08 Å². The molecular formula is C22H21N. The second kappa shape index (κ2) is 8.11. The Labute approximate surface area is 138 Å². The highest BCUT2D eigenvalue weighted by atomic mass is 14.9. The van der Waals surface area contributed by atoms with E-state index in [1.807, 2.05) is 12.1 Å². The van der Waals surface area contributed by atoms with Crippen molar-refractivity contribution in [2.24, 2.45) is 0 Å². The standard InChI is InChI=1S/C22H21N/c1-4-10-19(11-5-1)16-17-22(21-14-8-3-9-15-21)23-18-20-12-6-2-7-13-20/h1-17,22-23H,18H2. The monoisotopic (exact) mass is 299 g/mol. The number of nitrogens with one attached hydrogen (secondary N) is 1. The van der Waals surface area contributed by atoms with E-state index in [4.69, 9.17) is 0 Å². The summed E-state index contributed by atoms with van der Waals surface area (Å²) in [5, 5.41) is 3.64. The van der Waals surface area contributed by atoms with E-state index in [0.29, 0.717) is 0 Å². The molecule has 1 unspecified atom stereocenters. The minimum atomic E-state index is 0.191. The molecule has 0 saturated heterocycles. The SMILES string of the molecule is C(=CC(NCc1ccccc1)c1ccccc1)c1ccccc1. The van der Waals surface area contributed by atoms with Crippen LogP contribution in [-0.2, 0) is 6.54 Å². The summed E-state index contributed by atoms with van der Waals surface area (Å²) in [7, 11) is 0. The minimum Gasteiger partial charge on any atom is -0.303 e. The molecule has 23 heavy (non-hydrogen) atoms. The number of hydrogen-bond donors (Lipinski definition) is 1. The molecule has 0 heterocycles. The molecule has 3 aromatic carbocycles. The Hall–Kier alpha value is -2.64. The molecule has 0 aliphatic carbocycles. The van der Waals surface area contributed by atoms with Gasteiger partial charge in [-0.25, -0.2) is 0 Å². The zero-order chi connectivity index (χ0) is 15.7. The third-order valence-corrected chi connectivity index (χ3v) is 3.81. The van der Waals surface area contributed by atoms with Gasteiger partial charge in [-0.3, -0.25) is 0 Å². The van der Waals surface area contributed by atoms with Crippen LogP contribution in [0.15, 0.2) is 97.1 Å². The number of rotatable bonds is 6. The van der Waals surface area contributed by atoms with Gasteiger partial charge in [0, 0.05) is 6.54 Å². The van der Waals surface area contributed by atoms with Crippen LogP contribution in [0.1, 0.15) is 22.7 Å². The molecule has 1 N–H and O–H groups in total. The summed E-state index contributed by atoms with van der Waals surface area (Å²) >= 11 is 0. The van der Waals surface area contributed by atoms with Crippen molar-refractivity contribution in [1.29, 1.82) is 0 Å². The van der Waals surface area contributed by atoms with E-state index >= 15 is 0 Å². The normalized spacial score (nSPS) is 12.3. The van der Waals surface area contributed by atoms with Crippen LogP contribution < -0.4 is 5.32 Å². The van der Waals surface area contributed by atoms with E-state index in [9.17, 15) is 0 Å². The predicted molar refractivity (Wildman–Crippen MR) is 97.9 cm³/mol. The van der Waals surface area contributed by atoms with Gasteiger partial charge in [0.2, 0.25) is 0 Å². The van der Waals surface area contributed by atoms with Crippen molar-refractivity contribution in [3.05, 3.63) is 114 Å². The first-order valence-electron chi connectivity index (χ1n) is 7.97. The van der Waals surface area contributed by atoms with Crippen molar-refractivity contribution in [1.82, 2.24) is 5.32 Å². The van der Waals surface area contributed by atoms with Gasteiger partial charge in [-0.15, -0.1) is 0 Å². The van der Waals surface area contributed by atoms with Gasteiger partial charge in [-0.2, -0.15) is 0 Å². The maximum Gasteiger partial charge on any atom is 0.0512 e. The molecule has 0 fully saturated rings. The predicted octanol–water partition coefficient (Wildman–Crippen LogP) is 5.23. The summed E-state index contributed by atoms with van der Waals surface area (Å²) in [5.74, 6) is 0. The highest BCUT2D eigenvalue weighted by Crippen LogP contribution is 2.17. The molecule has 0 aliphatic rings. The quantitative estimate of drug-likeness (QED) is 0.657. The van der Waals surface area contributed by atoms with Crippen molar-refractivity contribution < 1.29 is 0 Å². The topological polar surface area (TPSA) is 12.0 Å². The Kier molecular flexibility index (Phi) is 5.38. The van der Waals surface area contributed by atoms with Crippen molar-refractivity contribution in [2.75, 3.05) is 0 Å². The summed E-state index contributed by atoms with van der Waals surface area (Å²) < 4.78 is 0. The third kappa shape index (κ3) is 4.67. The molecule has 0 aliphatic heterocycles. The molecule has 0 spiro atoms. The van der Waals surface area contributed by atoms with Crippen LogP contribution in [0.3, 0.4) is 0 Å². The van der Waals surface area contributed by atoms with E-state index in [1.54, 1.807) is 0 Å². The van der Waals surface area contributed by atoms with Crippen LogP contribution in [0.5, 0.6) is 0 Å². The fourth-order valence-electron chi connectivity index (χ4n) is 2.55. The molecule has 114 valence electrons. The lowest BCUT2D eigenvalue weighted by molar-refractivity contribution is 0.623. The van der Waals surface area contributed by atoms with Gasteiger partial charge in [0.05, 0.1) is 6.04 Å². The second-order valence-electron chi connectivity index (χ2n) is 5.52. The molecule has 0 bridgehead atoms. The van der Waals surface area contributed by atoms with Gasteiger partial charge in [-0.05, 0) is 16.7 Å². The molecule has 0 amide bonds. The van der Waals surface area contributed by atoms with E-state index in [0.717, 1.165) is 6.54 Å². The highest BCUT2D eigenvalue weighted by molar-refractivity contribution is 5.50. The Balaban J connectivity index is 1.75. The van der Waals surface area contributed by atoms with Crippen LogP contribution >= 0.6 is 0 Å². The smallest absolute Gasteiger partial charge is 0.0512 e. The Morgan fingerprint density at radius 1 is 0.696 bits per heavy atom. The summed E-state index contributed by atoms with van der Waals surface area (Å²) in [6, 6.07) is 31.7. The first-order valence-corrected chi connectivity index (χ1v) is 7.97. The molecule has 3 aromatic rings. The zero-order valence-electron chi connectivity index (χ0n) is 13.1. The van der Waals surface area contributed by atoms with Gasteiger partial charge >= 0.3 is 0 Å². The molecule has 1 heteroatoms. The summed E-state index contributed by atoms with van der Waals surface area (Å²) in [6.45, 7) is 0.847. The molecule has 1 atom stereocenters. The Morgan fingerprint density at radius 3 is 1.91 bits per heavy atom. The molecule has 0 radical (unpaired) electrons. The lowest BCUT2D eigenvalue weighted by Gasteiger charge is -2.16. The summed E-state index contributed by atoms with van der Waals surface area (Å²) in [5.41, 5.74) is 3.78. The van der Waals surface area contributed by atoms with Gasteiger partial charge in [-0.1, -0.05) is 103 Å². The van der Waals surface area contributed by atoms with Crippen LogP contribution in [0.4, 0.5) is 0 Å². The van der Waals surface area contributed by atoms with Gasteiger partial charge in [0.1, 0.15) is 0 Å². The summed E-state index contributed by atoms with van der Waals surface area (Å²) in [6.07, 6.45) is 4.41. The maximum absolute atomic E-state index is 3.64. The molecule has 0 saturated carbocycles. The van der Waals surface area contributed by atoms with Crippen LogP contribution in [0, 0.1) is 0 Å². The first kappa shape index (κ1) is 15.3. The Morgan fingerprint density at radius 2 is 1.26 bits per heavy atom. The molecule has 1 nitrogen and oxygen atoms in total. The number of benzene rings is 3. The van der Waals surface area contributed by atoms with E-state index in [-0.39, 0.29) is 6.04 Å². The van der Waals surface area contributed by atoms with Crippen molar-refractivity contribution in [3.63, 3.8) is 0 Å². The van der Waals surface area contributed by atoms with Gasteiger partial charge in [0.25, 0.3) is 0 Å². The zero-order valence-corrected chi connectivity index (χ0v) is 13.1. The lowest BCUT2D eigenvalue weighted by atomic mass is 10.0. The van der Waals surface area contributed by atoms with Crippen molar-refractivity contribution >= 4 is 6.08 Å². The molecular weight excluding hydrogens is 278 g/mol. The highest BCUT2D eigenvalue weighted by Gasteiger charge is 2.06. The lowest BCUT2D eigenvalue weighted by Crippen LogP contribution is -2.19. The molecule has 3 rings (SSSR count). The van der Waals surface area contributed by atoms with Crippen molar-refractivity contribution in [2.45, 2.75) is 12.6 Å². The maximum atomic E-state index is 3.64. The summed E-state index contributed by atoms with van der Waals surface area (Å²) in [4.78, 5) is 0. The fraction of sp³-hybridized carbons (Fsp3) is 0.0909. The number of hydrogen-bond acceptors (Lipinski definition) is 1. The van der Waals surface area contributed by atoms with E-state index in [1.165, 1.54) is 16.7 Å². The molecule has 0 aromatic heterocycles. The van der Waals surface area contributed by atoms with Crippen LogP contribution in [-0.4, -0.2) is 0 Å². The van der Waals surface area contributed by atoms with Crippen LogP contribution in [0.2, 0.25) is 0 Å². The first-order chi connectivity index (χ1) is 11.4. The average Bonchev–Trinajstić information content (AvgIpc) is 2.64. The van der Waals surface area contributed by atoms with E-state index < -0.39 is 0 Å².